The summed E-state index contributed by atoms with van der Waals surface area (Å²) in [4.78, 5) is 10.3. The van der Waals surface area contributed by atoms with Crippen LogP contribution in [0.15, 0.2) is 24.4 Å². The molecule has 142 valence electrons. The van der Waals surface area contributed by atoms with E-state index in [1.165, 1.54) is 5.56 Å². The molecule has 9 heteroatoms. The van der Waals surface area contributed by atoms with Crippen LogP contribution in [-0.4, -0.2) is 63.2 Å². The fourth-order valence-electron chi connectivity index (χ4n) is 3.39. The molecule has 0 unspecified atom stereocenters. The number of methoxy groups -OCH3 is 2. The average molecular weight is 370 g/mol. The van der Waals surface area contributed by atoms with E-state index in [1.54, 1.807) is 25.1 Å². The van der Waals surface area contributed by atoms with Crippen LogP contribution in [0.2, 0.25) is 0 Å². The first-order chi connectivity index (χ1) is 13.1. The summed E-state index contributed by atoms with van der Waals surface area (Å²) in [5.41, 5.74) is 8.67. The largest absolute Gasteiger partial charge is 0.496 e. The lowest BCUT2D eigenvalue weighted by molar-refractivity contribution is -0.0334. The Balaban J connectivity index is 1.60. The zero-order valence-corrected chi connectivity index (χ0v) is 15.3. The minimum Gasteiger partial charge on any atom is -0.496 e. The Morgan fingerprint density at radius 1 is 1.22 bits per heavy atom. The first-order valence-corrected chi connectivity index (χ1v) is 8.66. The minimum absolute atomic E-state index is 0.0167. The highest BCUT2D eigenvalue weighted by Crippen LogP contribution is 2.27. The number of fused-ring (bicyclic) bond motifs is 1. The molecule has 9 nitrogen and oxygen atoms in total. The van der Waals surface area contributed by atoms with Gasteiger partial charge in [0.2, 0.25) is 11.8 Å². The quantitative estimate of drug-likeness (QED) is 0.661. The summed E-state index contributed by atoms with van der Waals surface area (Å²) in [5, 5.41) is 14.5. The predicted molar refractivity (Wildman–Crippen MR) is 99.6 cm³/mol. The van der Waals surface area contributed by atoms with Gasteiger partial charge < -0.3 is 20.3 Å². The van der Waals surface area contributed by atoms with E-state index in [1.807, 2.05) is 6.07 Å². The highest BCUT2D eigenvalue weighted by atomic mass is 16.5. The summed E-state index contributed by atoms with van der Waals surface area (Å²) < 4.78 is 12.5. The molecular formula is C18H22N6O3. The Bertz CT molecular complexity index is 967. The van der Waals surface area contributed by atoms with Crippen molar-refractivity contribution in [1.82, 2.24) is 24.6 Å². The molecule has 3 aromatic rings. The van der Waals surface area contributed by atoms with Crippen molar-refractivity contribution in [2.45, 2.75) is 19.2 Å². The summed E-state index contributed by atoms with van der Waals surface area (Å²) in [5.74, 6) is 0.593. The van der Waals surface area contributed by atoms with Crippen molar-refractivity contribution in [3.63, 3.8) is 0 Å². The molecule has 0 radical (unpaired) electrons. The van der Waals surface area contributed by atoms with E-state index in [4.69, 9.17) is 15.2 Å². The summed E-state index contributed by atoms with van der Waals surface area (Å²) in [6.07, 6.45) is 1.89. The van der Waals surface area contributed by atoms with E-state index in [0.29, 0.717) is 23.7 Å². The molecule has 0 atom stereocenters. The number of nitrogens with two attached hydrogens (primary N) is 1. The lowest BCUT2D eigenvalue weighted by atomic mass is 10.1. The first kappa shape index (κ1) is 17.5. The molecule has 3 heterocycles. The molecule has 4 rings (SSSR count). The molecule has 0 spiro atoms. The molecule has 2 aromatic heterocycles. The molecule has 1 aliphatic rings. The Morgan fingerprint density at radius 2 is 2.04 bits per heavy atom. The summed E-state index contributed by atoms with van der Waals surface area (Å²) in [6.45, 7) is 3.15. The van der Waals surface area contributed by atoms with E-state index < -0.39 is 0 Å². The highest BCUT2D eigenvalue weighted by Gasteiger charge is 2.26. The van der Waals surface area contributed by atoms with Crippen molar-refractivity contribution in [2.75, 3.05) is 33.0 Å². The van der Waals surface area contributed by atoms with E-state index in [0.717, 1.165) is 30.9 Å². The zero-order valence-electron chi connectivity index (χ0n) is 15.3. The number of aromatic hydroxyl groups is 1. The third-order valence-electron chi connectivity index (χ3n) is 4.82. The Kier molecular flexibility index (Phi) is 4.54. The van der Waals surface area contributed by atoms with Crippen LogP contribution in [0.4, 0.5) is 5.95 Å². The fourth-order valence-corrected chi connectivity index (χ4v) is 3.39. The van der Waals surface area contributed by atoms with Gasteiger partial charge in [0, 0.05) is 32.3 Å². The maximum atomic E-state index is 10.1. The van der Waals surface area contributed by atoms with Gasteiger partial charge in [-0.2, -0.15) is 10.1 Å². The lowest BCUT2D eigenvalue weighted by Crippen LogP contribution is -2.50. The molecule has 0 amide bonds. The van der Waals surface area contributed by atoms with Crippen LogP contribution in [-0.2, 0) is 17.8 Å². The number of nitrogen functional groups attached to an aromatic ring is 1. The van der Waals surface area contributed by atoms with Crippen LogP contribution in [0.1, 0.15) is 11.1 Å². The van der Waals surface area contributed by atoms with E-state index in [9.17, 15) is 5.11 Å². The number of hydrogen-bond donors (Lipinski definition) is 2. The Morgan fingerprint density at radius 3 is 2.78 bits per heavy atom. The van der Waals surface area contributed by atoms with Gasteiger partial charge in [-0.15, -0.1) is 0 Å². The molecule has 0 aliphatic carbocycles. The van der Waals surface area contributed by atoms with Gasteiger partial charge in [0.25, 0.3) is 0 Å². The number of aromatic nitrogens is 4. The van der Waals surface area contributed by atoms with Crippen molar-refractivity contribution in [1.29, 1.82) is 0 Å². The number of ether oxygens (including phenoxy) is 2. The van der Waals surface area contributed by atoms with Gasteiger partial charge in [0.15, 0.2) is 0 Å². The number of rotatable bonds is 6. The SMILES string of the molecule is COc1ccc(CN2CC(OC)C2)cc1Cn1ncc2nc(N)nc(O)c21. The van der Waals surface area contributed by atoms with E-state index in [-0.39, 0.29) is 11.8 Å². The Hall–Kier alpha value is -2.91. The molecule has 1 fully saturated rings. The van der Waals surface area contributed by atoms with Crippen molar-refractivity contribution < 1.29 is 14.6 Å². The molecule has 1 aliphatic heterocycles. The number of likely N-dealkylation sites (tertiary alicyclic amines) is 1. The number of nitrogens with zero attached hydrogens (tertiary/aromatic N) is 5. The van der Waals surface area contributed by atoms with E-state index in [2.05, 4.69) is 32.1 Å². The number of anilines is 1. The maximum Gasteiger partial charge on any atom is 0.242 e. The predicted octanol–water partition coefficient (Wildman–Crippen LogP) is 1.00. The standard InChI is InChI=1S/C18H22N6O3/c1-26-13-9-23(10-13)7-11-3-4-15(27-2)12(5-11)8-24-16-14(6-20-24)21-18(19)22-17(16)25/h3-6,13H,7-10H2,1-2H3,(H3,19,21,22,25). The van der Waals surface area contributed by atoms with Crippen LogP contribution < -0.4 is 10.5 Å². The topological polar surface area (TPSA) is 112 Å². The summed E-state index contributed by atoms with van der Waals surface area (Å²) >= 11 is 0. The first-order valence-electron chi connectivity index (χ1n) is 8.66. The van der Waals surface area contributed by atoms with Gasteiger partial charge in [-0.3, -0.25) is 9.58 Å². The van der Waals surface area contributed by atoms with Crippen LogP contribution in [0.25, 0.3) is 11.0 Å². The van der Waals surface area contributed by atoms with Crippen LogP contribution in [0, 0.1) is 0 Å². The van der Waals surface area contributed by atoms with Gasteiger partial charge in [-0.05, 0) is 17.7 Å². The minimum atomic E-state index is -0.184. The summed E-state index contributed by atoms with van der Waals surface area (Å²) in [6, 6.07) is 6.12. The number of hydrogen-bond acceptors (Lipinski definition) is 8. The zero-order chi connectivity index (χ0) is 19.0. The molecule has 27 heavy (non-hydrogen) atoms. The van der Waals surface area contributed by atoms with Gasteiger partial charge in [-0.1, -0.05) is 6.07 Å². The Labute approximate surface area is 156 Å². The molecular weight excluding hydrogens is 348 g/mol. The molecule has 0 saturated carbocycles. The van der Waals surface area contributed by atoms with Crippen LogP contribution >= 0.6 is 0 Å². The van der Waals surface area contributed by atoms with Crippen molar-refractivity contribution in [2.24, 2.45) is 0 Å². The van der Waals surface area contributed by atoms with Gasteiger partial charge in [0.1, 0.15) is 16.8 Å². The second kappa shape index (κ2) is 7.01. The highest BCUT2D eigenvalue weighted by molar-refractivity contribution is 5.80. The molecule has 1 saturated heterocycles. The van der Waals surface area contributed by atoms with E-state index >= 15 is 0 Å². The monoisotopic (exact) mass is 370 g/mol. The molecule has 1 aromatic carbocycles. The average Bonchev–Trinajstić information content (AvgIpc) is 3.00. The van der Waals surface area contributed by atoms with Gasteiger partial charge in [0.05, 0.1) is 26.0 Å². The van der Waals surface area contributed by atoms with Crippen molar-refractivity contribution in [3.05, 3.63) is 35.5 Å². The number of benzene rings is 1. The van der Waals surface area contributed by atoms with Crippen LogP contribution in [0.3, 0.4) is 0 Å². The van der Waals surface area contributed by atoms with Crippen molar-refractivity contribution in [3.8, 4) is 11.6 Å². The molecule has 0 bridgehead atoms. The lowest BCUT2D eigenvalue weighted by Gasteiger charge is -2.38. The second-order valence-corrected chi connectivity index (χ2v) is 6.64. The maximum absolute atomic E-state index is 10.1. The second-order valence-electron chi connectivity index (χ2n) is 6.64. The van der Waals surface area contributed by atoms with Crippen molar-refractivity contribution >= 4 is 17.0 Å². The van der Waals surface area contributed by atoms with Gasteiger partial charge >= 0.3 is 0 Å². The van der Waals surface area contributed by atoms with Gasteiger partial charge in [-0.25, -0.2) is 4.98 Å². The fraction of sp³-hybridized carbons (Fsp3) is 0.389. The summed E-state index contributed by atoms with van der Waals surface area (Å²) in [7, 11) is 3.38. The smallest absolute Gasteiger partial charge is 0.242 e. The van der Waals surface area contributed by atoms with Crippen LogP contribution in [0.5, 0.6) is 11.6 Å². The normalized spacial score (nSPS) is 15.2. The third-order valence-corrected chi connectivity index (χ3v) is 4.82. The third kappa shape index (κ3) is 3.38. The molecule has 3 N–H and O–H groups in total.